The zero-order valence-corrected chi connectivity index (χ0v) is 14.9. The first kappa shape index (κ1) is 16.6. The van der Waals surface area contributed by atoms with E-state index in [2.05, 4.69) is 23.9 Å². The second-order valence-electron chi connectivity index (χ2n) is 6.80. The third kappa shape index (κ3) is 3.33. The van der Waals surface area contributed by atoms with E-state index < -0.39 is 10.0 Å². The lowest BCUT2D eigenvalue weighted by atomic mass is 10.2. The molecule has 23 heavy (non-hydrogen) atoms. The van der Waals surface area contributed by atoms with E-state index in [1.165, 1.54) is 0 Å². The van der Waals surface area contributed by atoms with Gasteiger partial charge in [0.05, 0.1) is 23.2 Å². The van der Waals surface area contributed by atoms with Crippen LogP contribution >= 0.6 is 0 Å². The molecule has 0 N–H and O–H groups in total. The Morgan fingerprint density at radius 1 is 1.09 bits per heavy atom. The smallest absolute Gasteiger partial charge is 0.238 e. The molecule has 1 heterocycles. The van der Waals surface area contributed by atoms with Crippen molar-refractivity contribution in [1.29, 1.82) is 0 Å². The van der Waals surface area contributed by atoms with Gasteiger partial charge in [-0.2, -0.15) is 0 Å². The van der Waals surface area contributed by atoms with Crippen LogP contribution in [0.15, 0.2) is 24.3 Å². The van der Waals surface area contributed by atoms with Gasteiger partial charge in [-0.3, -0.25) is 4.31 Å². The lowest BCUT2D eigenvalue weighted by Crippen LogP contribution is -2.48. The second kappa shape index (κ2) is 6.69. The van der Waals surface area contributed by atoms with Crippen LogP contribution in [-0.2, 0) is 10.0 Å². The Morgan fingerprint density at radius 2 is 1.74 bits per heavy atom. The Balaban J connectivity index is 1.88. The molecule has 6 heteroatoms. The Labute approximate surface area is 139 Å². The van der Waals surface area contributed by atoms with E-state index >= 15 is 0 Å². The van der Waals surface area contributed by atoms with Gasteiger partial charge in [-0.15, -0.1) is 0 Å². The third-order valence-electron chi connectivity index (χ3n) is 4.91. The number of fused-ring (bicyclic) bond motifs is 1. The van der Waals surface area contributed by atoms with Crippen molar-refractivity contribution in [3.05, 3.63) is 24.3 Å². The summed E-state index contributed by atoms with van der Waals surface area (Å²) in [4.78, 5) is 4.46. The molecule has 0 unspecified atom stereocenters. The largest absolute Gasteiger partial charge is 0.367 e. The topological polar surface area (TPSA) is 43.9 Å². The lowest BCUT2D eigenvalue weighted by Gasteiger charge is -2.39. The first-order valence-electron chi connectivity index (χ1n) is 8.50. The predicted octanol–water partition coefficient (Wildman–Crippen LogP) is 2.15. The van der Waals surface area contributed by atoms with Gasteiger partial charge in [-0.05, 0) is 39.1 Å². The van der Waals surface area contributed by atoms with E-state index in [9.17, 15) is 8.42 Å². The highest BCUT2D eigenvalue weighted by molar-refractivity contribution is 7.93. The summed E-state index contributed by atoms with van der Waals surface area (Å²) >= 11 is 0. The number of rotatable bonds is 5. The summed E-state index contributed by atoms with van der Waals surface area (Å²) in [6.07, 6.45) is 3.69. The molecule has 1 saturated carbocycles. The number of nitrogens with zero attached hydrogens (tertiary/aromatic N) is 3. The second-order valence-corrected chi connectivity index (χ2v) is 8.94. The van der Waals surface area contributed by atoms with E-state index in [1.54, 1.807) is 4.31 Å². The van der Waals surface area contributed by atoms with Crippen molar-refractivity contribution >= 4 is 21.4 Å². The molecule has 3 rings (SSSR count). The van der Waals surface area contributed by atoms with Gasteiger partial charge in [-0.25, -0.2) is 8.42 Å². The molecule has 1 aliphatic heterocycles. The van der Waals surface area contributed by atoms with E-state index in [4.69, 9.17) is 0 Å². The van der Waals surface area contributed by atoms with E-state index in [0.717, 1.165) is 56.7 Å². The van der Waals surface area contributed by atoms with Gasteiger partial charge < -0.3 is 9.80 Å². The summed E-state index contributed by atoms with van der Waals surface area (Å²) in [5, 5.41) is -0.191. The molecular formula is C17H27N3O2S. The fraction of sp³-hybridized carbons (Fsp3) is 0.647. The zero-order valence-electron chi connectivity index (χ0n) is 14.1. The van der Waals surface area contributed by atoms with Crippen molar-refractivity contribution < 1.29 is 8.42 Å². The van der Waals surface area contributed by atoms with Gasteiger partial charge in [0.15, 0.2) is 0 Å². The van der Waals surface area contributed by atoms with Gasteiger partial charge in [-0.1, -0.05) is 25.0 Å². The molecular weight excluding hydrogens is 310 g/mol. The number of benzene rings is 1. The molecule has 0 amide bonds. The minimum atomic E-state index is -3.23. The van der Waals surface area contributed by atoms with Gasteiger partial charge in [0.2, 0.25) is 10.0 Å². The summed E-state index contributed by atoms with van der Waals surface area (Å²) in [6.45, 7) is 3.20. The van der Waals surface area contributed by atoms with Crippen LogP contribution in [0.1, 0.15) is 25.7 Å². The maximum absolute atomic E-state index is 13.0. The van der Waals surface area contributed by atoms with E-state index in [-0.39, 0.29) is 5.25 Å². The van der Waals surface area contributed by atoms with E-state index in [0.29, 0.717) is 6.54 Å². The van der Waals surface area contributed by atoms with Crippen molar-refractivity contribution in [1.82, 2.24) is 4.90 Å². The molecule has 1 fully saturated rings. The molecule has 1 aromatic carbocycles. The van der Waals surface area contributed by atoms with Crippen molar-refractivity contribution in [3.8, 4) is 0 Å². The SMILES string of the molecule is CN(C)CCN1CCN(S(=O)(=O)C2CCCC2)c2ccccc21. The Morgan fingerprint density at radius 3 is 2.39 bits per heavy atom. The maximum Gasteiger partial charge on any atom is 0.238 e. The predicted molar refractivity (Wildman–Crippen MR) is 95.7 cm³/mol. The molecule has 1 aliphatic carbocycles. The monoisotopic (exact) mass is 337 g/mol. The van der Waals surface area contributed by atoms with Crippen LogP contribution in [0.2, 0.25) is 0 Å². The van der Waals surface area contributed by atoms with Gasteiger partial charge >= 0.3 is 0 Å². The number of hydrogen-bond donors (Lipinski definition) is 0. The van der Waals surface area contributed by atoms with Crippen LogP contribution in [0.4, 0.5) is 11.4 Å². The Kier molecular flexibility index (Phi) is 4.82. The first-order valence-corrected chi connectivity index (χ1v) is 10.0. The number of para-hydroxylation sites is 2. The van der Waals surface area contributed by atoms with Gasteiger partial charge in [0.1, 0.15) is 0 Å². The summed E-state index contributed by atoms with van der Waals surface area (Å²) in [7, 11) is 0.891. The van der Waals surface area contributed by atoms with Crippen LogP contribution in [0.25, 0.3) is 0 Å². The number of anilines is 2. The molecule has 0 atom stereocenters. The van der Waals surface area contributed by atoms with Crippen molar-refractivity contribution in [2.24, 2.45) is 0 Å². The van der Waals surface area contributed by atoms with Crippen LogP contribution < -0.4 is 9.21 Å². The highest BCUT2D eigenvalue weighted by Gasteiger charge is 2.37. The van der Waals surface area contributed by atoms with Crippen LogP contribution in [0.5, 0.6) is 0 Å². The number of likely N-dealkylation sites (N-methyl/N-ethyl adjacent to an activating group) is 1. The summed E-state index contributed by atoms with van der Waals surface area (Å²) < 4.78 is 27.7. The Bertz CT molecular complexity index is 639. The molecule has 0 aromatic heterocycles. The van der Waals surface area contributed by atoms with E-state index in [1.807, 2.05) is 24.3 Å². The number of hydrogen-bond acceptors (Lipinski definition) is 4. The highest BCUT2D eigenvalue weighted by atomic mass is 32.2. The average Bonchev–Trinajstić information content (AvgIpc) is 3.07. The Hall–Kier alpha value is -1.27. The molecule has 1 aromatic rings. The molecule has 0 saturated heterocycles. The highest BCUT2D eigenvalue weighted by Crippen LogP contribution is 2.37. The lowest BCUT2D eigenvalue weighted by molar-refractivity contribution is 0.413. The number of sulfonamides is 1. The molecule has 0 radical (unpaired) electrons. The maximum atomic E-state index is 13.0. The van der Waals surface area contributed by atoms with Crippen molar-refractivity contribution in [2.45, 2.75) is 30.9 Å². The first-order chi connectivity index (χ1) is 11.0. The minimum Gasteiger partial charge on any atom is -0.367 e. The standard InChI is InChI=1S/C17H27N3O2S/c1-18(2)11-12-19-13-14-20(17-10-6-5-9-16(17)19)23(21,22)15-7-3-4-8-15/h5-6,9-10,15H,3-4,7-8,11-14H2,1-2H3. The molecule has 0 bridgehead atoms. The normalized spacial score (nSPS) is 19.4. The summed E-state index contributed by atoms with van der Waals surface area (Å²) in [6, 6.07) is 7.92. The molecule has 128 valence electrons. The van der Waals surface area contributed by atoms with Crippen LogP contribution in [-0.4, -0.2) is 58.8 Å². The van der Waals surface area contributed by atoms with Crippen molar-refractivity contribution in [2.75, 3.05) is 49.5 Å². The van der Waals surface area contributed by atoms with Crippen molar-refractivity contribution in [3.63, 3.8) is 0 Å². The summed E-state index contributed by atoms with van der Waals surface area (Å²) in [5.74, 6) is 0. The molecule has 2 aliphatic rings. The molecule has 0 spiro atoms. The van der Waals surface area contributed by atoms with Crippen LogP contribution in [0, 0.1) is 0 Å². The molecule has 5 nitrogen and oxygen atoms in total. The fourth-order valence-electron chi connectivity index (χ4n) is 3.58. The van der Waals surface area contributed by atoms with Gasteiger partial charge in [0, 0.05) is 19.6 Å². The van der Waals surface area contributed by atoms with Gasteiger partial charge in [0.25, 0.3) is 0 Å². The summed E-state index contributed by atoms with van der Waals surface area (Å²) in [5.41, 5.74) is 1.89. The minimum absolute atomic E-state index is 0.191. The fourth-order valence-corrected chi connectivity index (χ4v) is 5.63. The third-order valence-corrected chi connectivity index (χ3v) is 7.22. The average molecular weight is 337 g/mol. The quantitative estimate of drug-likeness (QED) is 0.826. The van der Waals surface area contributed by atoms with Crippen LogP contribution in [0.3, 0.4) is 0 Å². The zero-order chi connectivity index (χ0) is 16.4.